The second-order valence-corrected chi connectivity index (χ2v) is 5.23. The number of aliphatic carboxylic acids is 1. The van der Waals surface area contributed by atoms with Crippen LogP contribution < -0.4 is 5.32 Å². The molecule has 0 spiro atoms. The van der Waals surface area contributed by atoms with Crippen molar-refractivity contribution in [3.63, 3.8) is 0 Å². The highest BCUT2D eigenvalue weighted by atomic mass is 19.1. The fourth-order valence-corrected chi connectivity index (χ4v) is 2.33. The van der Waals surface area contributed by atoms with Gasteiger partial charge in [-0.3, -0.25) is 9.59 Å². The third-order valence-corrected chi connectivity index (χ3v) is 3.47. The fourth-order valence-electron chi connectivity index (χ4n) is 2.33. The van der Waals surface area contributed by atoms with Crippen LogP contribution in [0, 0.1) is 5.82 Å². The Labute approximate surface area is 133 Å². The molecule has 1 aromatic carbocycles. The Morgan fingerprint density at radius 1 is 1.17 bits per heavy atom. The first-order valence-electron chi connectivity index (χ1n) is 7.31. The third-order valence-electron chi connectivity index (χ3n) is 3.47. The molecule has 6 heteroatoms. The molecule has 2 N–H and O–H groups in total. The van der Waals surface area contributed by atoms with Crippen molar-refractivity contribution in [3.8, 4) is 0 Å². The molecule has 1 amide bonds. The number of hydrogen-bond donors (Lipinski definition) is 2. The fraction of sp³-hybridized carbons (Fsp3) is 0.294. The summed E-state index contributed by atoms with van der Waals surface area (Å²) >= 11 is 0. The molecule has 1 heterocycles. The summed E-state index contributed by atoms with van der Waals surface area (Å²) in [6.07, 6.45) is 1.99. The molecule has 0 saturated heterocycles. The molecule has 1 aromatic heterocycles. The van der Waals surface area contributed by atoms with E-state index in [1.807, 2.05) is 6.07 Å². The van der Waals surface area contributed by atoms with Crippen LogP contribution in [0.15, 0.2) is 47.1 Å². The lowest BCUT2D eigenvalue weighted by molar-refractivity contribution is -0.137. The van der Waals surface area contributed by atoms with E-state index >= 15 is 0 Å². The first-order valence-corrected chi connectivity index (χ1v) is 7.31. The number of carbonyl (C=O) groups is 2. The third kappa shape index (κ3) is 5.58. The number of halogens is 1. The summed E-state index contributed by atoms with van der Waals surface area (Å²) in [6.45, 7) is 0.412. The van der Waals surface area contributed by atoms with E-state index in [1.54, 1.807) is 12.3 Å². The summed E-state index contributed by atoms with van der Waals surface area (Å²) < 4.78 is 18.1. The minimum atomic E-state index is -0.997. The monoisotopic (exact) mass is 319 g/mol. The zero-order chi connectivity index (χ0) is 16.7. The molecule has 0 unspecified atom stereocenters. The summed E-state index contributed by atoms with van der Waals surface area (Å²) in [5, 5.41) is 11.7. The van der Waals surface area contributed by atoms with Gasteiger partial charge in [0, 0.05) is 25.3 Å². The van der Waals surface area contributed by atoms with Gasteiger partial charge in [0.05, 0.1) is 12.7 Å². The number of nitrogens with one attached hydrogen (secondary N) is 1. The Balaban J connectivity index is 1.89. The molecule has 2 rings (SSSR count). The van der Waals surface area contributed by atoms with Gasteiger partial charge in [-0.1, -0.05) is 12.1 Å². The average Bonchev–Trinajstić information content (AvgIpc) is 3.00. The molecule has 122 valence electrons. The van der Waals surface area contributed by atoms with Crippen LogP contribution in [-0.4, -0.2) is 23.5 Å². The van der Waals surface area contributed by atoms with Crippen molar-refractivity contribution in [1.82, 2.24) is 5.32 Å². The van der Waals surface area contributed by atoms with Gasteiger partial charge < -0.3 is 14.8 Å². The highest BCUT2D eigenvalue weighted by Gasteiger charge is 2.19. The van der Waals surface area contributed by atoms with Gasteiger partial charge in [0.15, 0.2) is 0 Å². The van der Waals surface area contributed by atoms with E-state index in [1.165, 1.54) is 24.3 Å². The predicted octanol–water partition coefficient (Wildman–Crippen LogP) is 2.73. The summed E-state index contributed by atoms with van der Waals surface area (Å²) in [4.78, 5) is 23.0. The van der Waals surface area contributed by atoms with E-state index in [0.29, 0.717) is 18.5 Å². The van der Waals surface area contributed by atoms with Gasteiger partial charge in [-0.2, -0.15) is 0 Å². The highest BCUT2D eigenvalue weighted by Crippen LogP contribution is 2.23. The van der Waals surface area contributed by atoms with Gasteiger partial charge in [0.2, 0.25) is 5.91 Å². The SMILES string of the molecule is O=C(O)C[C@H](CC(=O)NCCc1ccco1)c1ccc(F)cc1. The number of furan rings is 1. The van der Waals surface area contributed by atoms with Crippen LogP contribution in [0.25, 0.3) is 0 Å². The molecule has 1 atom stereocenters. The molecular weight excluding hydrogens is 301 g/mol. The molecule has 23 heavy (non-hydrogen) atoms. The smallest absolute Gasteiger partial charge is 0.303 e. The minimum Gasteiger partial charge on any atom is -0.481 e. The quantitative estimate of drug-likeness (QED) is 0.784. The summed E-state index contributed by atoms with van der Waals surface area (Å²) in [6, 6.07) is 9.14. The van der Waals surface area contributed by atoms with Crippen LogP contribution in [0.1, 0.15) is 30.1 Å². The number of carboxylic acids is 1. The van der Waals surface area contributed by atoms with Crippen LogP contribution >= 0.6 is 0 Å². The molecule has 0 fully saturated rings. The van der Waals surface area contributed by atoms with E-state index in [2.05, 4.69) is 5.32 Å². The molecule has 0 bridgehead atoms. The second-order valence-electron chi connectivity index (χ2n) is 5.23. The number of benzene rings is 1. The summed E-state index contributed by atoms with van der Waals surface area (Å²) in [5.41, 5.74) is 0.634. The lowest BCUT2D eigenvalue weighted by Crippen LogP contribution is -2.27. The van der Waals surface area contributed by atoms with Crippen molar-refractivity contribution in [3.05, 3.63) is 59.8 Å². The Bertz CT molecular complexity index is 637. The Morgan fingerprint density at radius 3 is 2.52 bits per heavy atom. The van der Waals surface area contributed by atoms with Gasteiger partial charge in [0.1, 0.15) is 11.6 Å². The van der Waals surface area contributed by atoms with Gasteiger partial charge >= 0.3 is 5.97 Å². The van der Waals surface area contributed by atoms with Crippen molar-refractivity contribution in [2.75, 3.05) is 6.54 Å². The van der Waals surface area contributed by atoms with Gasteiger partial charge in [-0.25, -0.2) is 4.39 Å². The van der Waals surface area contributed by atoms with E-state index in [9.17, 15) is 14.0 Å². The molecule has 0 radical (unpaired) electrons. The van der Waals surface area contributed by atoms with Gasteiger partial charge in [0.25, 0.3) is 0 Å². The number of amides is 1. The molecule has 0 aliphatic rings. The van der Waals surface area contributed by atoms with Crippen LogP contribution in [0.2, 0.25) is 0 Å². The molecule has 2 aromatic rings. The van der Waals surface area contributed by atoms with Crippen LogP contribution in [0.5, 0.6) is 0 Å². The molecule has 0 aliphatic heterocycles. The zero-order valence-corrected chi connectivity index (χ0v) is 12.5. The molecule has 0 aliphatic carbocycles. The standard InChI is InChI=1S/C17H18FNO4/c18-14-5-3-12(4-6-14)13(11-17(21)22)10-16(20)19-8-7-15-2-1-9-23-15/h1-6,9,13H,7-8,10-11H2,(H,19,20)(H,21,22)/t13-/m0/s1. The van der Waals surface area contributed by atoms with Crippen LogP contribution in [0.3, 0.4) is 0 Å². The Morgan fingerprint density at radius 2 is 1.91 bits per heavy atom. The first kappa shape index (κ1) is 16.7. The maximum absolute atomic E-state index is 13.0. The van der Waals surface area contributed by atoms with Gasteiger partial charge in [-0.05, 0) is 29.8 Å². The van der Waals surface area contributed by atoms with Crippen molar-refractivity contribution in [2.45, 2.75) is 25.2 Å². The largest absolute Gasteiger partial charge is 0.481 e. The lowest BCUT2D eigenvalue weighted by Gasteiger charge is -2.15. The molecule has 0 saturated carbocycles. The topological polar surface area (TPSA) is 79.5 Å². The zero-order valence-electron chi connectivity index (χ0n) is 12.5. The minimum absolute atomic E-state index is 0.0378. The average molecular weight is 319 g/mol. The summed E-state index contributed by atoms with van der Waals surface area (Å²) in [5.74, 6) is -1.36. The van der Waals surface area contributed by atoms with E-state index in [4.69, 9.17) is 9.52 Å². The van der Waals surface area contributed by atoms with Crippen molar-refractivity contribution < 1.29 is 23.5 Å². The van der Waals surface area contributed by atoms with E-state index in [0.717, 1.165) is 5.76 Å². The number of carboxylic acid groups (broad SMARTS) is 1. The van der Waals surface area contributed by atoms with Gasteiger partial charge in [-0.15, -0.1) is 0 Å². The predicted molar refractivity (Wildman–Crippen MR) is 81.4 cm³/mol. The molecule has 5 nitrogen and oxygen atoms in total. The van der Waals surface area contributed by atoms with Crippen LogP contribution in [-0.2, 0) is 16.0 Å². The Hall–Kier alpha value is -2.63. The van der Waals surface area contributed by atoms with Crippen molar-refractivity contribution >= 4 is 11.9 Å². The number of hydrogen-bond acceptors (Lipinski definition) is 3. The van der Waals surface area contributed by atoms with Crippen molar-refractivity contribution in [1.29, 1.82) is 0 Å². The van der Waals surface area contributed by atoms with E-state index < -0.39 is 17.7 Å². The maximum Gasteiger partial charge on any atom is 0.303 e. The second kappa shape index (κ2) is 8.12. The molecular formula is C17H18FNO4. The van der Waals surface area contributed by atoms with Crippen LogP contribution in [0.4, 0.5) is 4.39 Å². The number of carbonyl (C=O) groups excluding carboxylic acids is 1. The number of rotatable bonds is 8. The maximum atomic E-state index is 13.0. The summed E-state index contributed by atoms with van der Waals surface area (Å²) in [7, 11) is 0. The highest BCUT2D eigenvalue weighted by molar-refractivity contribution is 5.78. The normalized spacial score (nSPS) is 11.9. The lowest BCUT2D eigenvalue weighted by atomic mass is 9.92. The van der Waals surface area contributed by atoms with E-state index in [-0.39, 0.29) is 18.7 Å². The first-order chi connectivity index (χ1) is 11.0. The Kier molecular flexibility index (Phi) is 5.91. The van der Waals surface area contributed by atoms with Crippen molar-refractivity contribution in [2.24, 2.45) is 0 Å².